The highest BCUT2D eigenvalue weighted by Gasteiger charge is 2.38. The summed E-state index contributed by atoms with van der Waals surface area (Å²) in [6, 6.07) is 0. The molecule has 2 heterocycles. The molecule has 7 heteroatoms. The van der Waals surface area contributed by atoms with Crippen LogP contribution in [0.4, 0.5) is 0 Å². The molecule has 1 saturated heterocycles. The fourth-order valence-electron chi connectivity index (χ4n) is 2.88. The average Bonchev–Trinajstić information content (AvgIpc) is 2.85. The molecule has 2 fully saturated rings. The lowest BCUT2D eigenvalue weighted by molar-refractivity contribution is 0.0724. The Morgan fingerprint density at radius 3 is 2.95 bits per heavy atom. The van der Waals surface area contributed by atoms with Crippen LogP contribution in [0.1, 0.15) is 36.2 Å². The molecule has 1 aliphatic heterocycles. The van der Waals surface area contributed by atoms with Gasteiger partial charge in [0.1, 0.15) is 0 Å². The normalized spacial score (nSPS) is 20.6. The Morgan fingerprint density at radius 2 is 2.38 bits per heavy atom. The van der Waals surface area contributed by atoms with E-state index in [1.165, 1.54) is 0 Å². The van der Waals surface area contributed by atoms with E-state index in [9.17, 15) is 4.79 Å². The van der Waals surface area contributed by atoms with Crippen LogP contribution in [0.5, 0.6) is 0 Å². The SMILES string of the molecule is COCCC1(NC(=O)c2cn(CC3CNC3)nn2)CCC1. The molecule has 1 aromatic rings. The molecule has 3 rings (SSSR count). The van der Waals surface area contributed by atoms with E-state index in [1.807, 2.05) is 0 Å². The number of rotatable bonds is 7. The van der Waals surface area contributed by atoms with E-state index in [0.29, 0.717) is 18.2 Å². The van der Waals surface area contributed by atoms with Crippen LogP contribution in [-0.4, -0.2) is 53.2 Å². The molecule has 1 saturated carbocycles. The first-order valence-electron chi connectivity index (χ1n) is 7.63. The smallest absolute Gasteiger partial charge is 0.273 e. The molecular weight excluding hydrogens is 270 g/mol. The van der Waals surface area contributed by atoms with Gasteiger partial charge in [0.05, 0.1) is 6.20 Å². The molecule has 0 radical (unpaired) electrons. The minimum Gasteiger partial charge on any atom is -0.385 e. The third kappa shape index (κ3) is 3.24. The molecule has 1 aromatic heterocycles. The monoisotopic (exact) mass is 293 g/mol. The van der Waals surface area contributed by atoms with Crippen molar-refractivity contribution in [2.45, 2.75) is 37.8 Å². The van der Waals surface area contributed by atoms with Gasteiger partial charge in [0.15, 0.2) is 5.69 Å². The first-order valence-corrected chi connectivity index (χ1v) is 7.63. The van der Waals surface area contributed by atoms with Crippen LogP contribution in [-0.2, 0) is 11.3 Å². The zero-order chi connectivity index (χ0) is 14.7. The van der Waals surface area contributed by atoms with Gasteiger partial charge in [-0.3, -0.25) is 9.48 Å². The molecule has 2 N–H and O–H groups in total. The van der Waals surface area contributed by atoms with Crippen LogP contribution in [0, 0.1) is 5.92 Å². The Kier molecular flexibility index (Phi) is 4.21. The van der Waals surface area contributed by atoms with Gasteiger partial charge in [-0.05, 0) is 25.7 Å². The average molecular weight is 293 g/mol. The van der Waals surface area contributed by atoms with Crippen LogP contribution in [0.3, 0.4) is 0 Å². The number of carbonyl (C=O) groups excluding carboxylic acids is 1. The van der Waals surface area contributed by atoms with Crippen molar-refractivity contribution >= 4 is 5.91 Å². The van der Waals surface area contributed by atoms with Crippen LogP contribution in [0.25, 0.3) is 0 Å². The fourth-order valence-corrected chi connectivity index (χ4v) is 2.88. The molecule has 0 unspecified atom stereocenters. The second kappa shape index (κ2) is 6.11. The zero-order valence-corrected chi connectivity index (χ0v) is 12.5. The van der Waals surface area contributed by atoms with Gasteiger partial charge in [0, 0.05) is 44.8 Å². The lowest BCUT2D eigenvalue weighted by Gasteiger charge is -2.42. The standard InChI is InChI=1S/C14H23N5O2/c1-21-6-5-14(3-2-4-14)16-13(20)12-10-19(18-17-12)9-11-7-15-8-11/h10-11,15H,2-9H2,1H3,(H,16,20). The molecule has 0 atom stereocenters. The van der Waals surface area contributed by atoms with Gasteiger partial charge in [0.2, 0.25) is 0 Å². The van der Waals surface area contributed by atoms with Crippen molar-refractivity contribution in [3.8, 4) is 0 Å². The minimum absolute atomic E-state index is 0.102. The van der Waals surface area contributed by atoms with Crippen molar-refractivity contribution in [2.75, 3.05) is 26.8 Å². The van der Waals surface area contributed by atoms with Crippen molar-refractivity contribution in [3.05, 3.63) is 11.9 Å². The summed E-state index contributed by atoms with van der Waals surface area (Å²) in [5.74, 6) is 0.478. The van der Waals surface area contributed by atoms with Crippen molar-refractivity contribution in [2.24, 2.45) is 5.92 Å². The van der Waals surface area contributed by atoms with Crippen molar-refractivity contribution < 1.29 is 9.53 Å². The number of nitrogens with zero attached hydrogens (tertiary/aromatic N) is 3. The van der Waals surface area contributed by atoms with Gasteiger partial charge in [-0.1, -0.05) is 5.21 Å². The summed E-state index contributed by atoms with van der Waals surface area (Å²) in [5, 5.41) is 14.4. The van der Waals surface area contributed by atoms with Crippen molar-refractivity contribution in [1.82, 2.24) is 25.6 Å². The molecule has 0 aromatic carbocycles. The molecule has 2 aliphatic rings. The van der Waals surface area contributed by atoms with Gasteiger partial charge in [0.25, 0.3) is 5.91 Å². The quantitative estimate of drug-likeness (QED) is 0.750. The number of methoxy groups -OCH3 is 1. The summed E-state index contributed by atoms with van der Waals surface area (Å²) in [7, 11) is 1.69. The Labute approximate surface area is 124 Å². The molecule has 1 amide bonds. The van der Waals surface area contributed by atoms with E-state index < -0.39 is 0 Å². The topological polar surface area (TPSA) is 81.1 Å². The molecule has 7 nitrogen and oxygen atoms in total. The third-order valence-corrected chi connectivity index (χ3v) is 4.56. The van der Waals surface area contributed by atoms with Gasteiger partial charge >= 0.3 is 0 Å². The maximum Gasteiger partial charge on any atom is 0.273 e. The van der Waals surface area contributed by atoms with Crippen LogP contribution in [0.15, 0.2) is 6.20 Å². The maximum atomic E-state index is 12.3. The first-order chi connectivity index (χ1) is 10.2. The first kappa shape index (κ1) is 14.5. The summed E-state index contributed by atoms with van der Waals surface area (Å²) >= 11 is 0. The van der Waals surface area contributed by atoms with E-state index in [-0.39, 0.29) is 11.4 Å². The lowest BCUT2D eigenvalue weighted by atomic mass is 9.74. The largest absolute Gasteiger partial charge is 0.385 e. The lowest BCUT2D eigenvalue weighted by Crippen LogP contribution is -2.54. The Bertz CT molecular complexity index is 493. The summed E-state index contributed by atoms with van der Waals surface area (Å²) in [5.41, 5.74) is 0.306. The summed E-state index contributed by atoms with van der Waals surface area (Å²) in [6.45, 7) is 3.52. The molecule has 21 heavy (non-hydrogen) atoms. The number of nitrogens with one attached hydrogen (secondary N) is 2. The van der Waals surface area contributed by atoms with E-state index >= 15 is 0 Å². The van der Waals surface area contributed by atoms with E-state index in [1.54, 1.807) is 18.0 Å². The minimum atomic E-state index is -0.121. The maximum absolute atomic E-state index is 12.3. The van der Waals surface area contributed by atoms with Crippen LogP contribution >= 0.6 is 0 Å². The summed E-state index contributed by atoms with van der Waals surface area (Å²) in [4.78, 5) is 12.3. The number of aromatic nitrogens is 3. The summed E-state index contributed by atoms with van der Waals surface area (Å²) in [6.07, 6.45) is 5.80. The van der Waals surface area contributed by atoms with Gasteiger partial charge in [-0.15, -0.1) is 5.10 Å². The highest BCUT2D eigenvalue weighted by atomic mass is 16.5. The number of ether oxygens (including phenoxy) is 1. The van der Waals surface area contributed by atoms with Crippen molar-refractivity contribution in [1.29, 1.82) is 0 Å². The van der Waals surface area contributed by atoms with Gasteiger partial charge in [-0.25, -0.2) is 0 Å². The third-order valence-electron chi connectivity index (χ3n) is 4.56. The number of hydrogen-bond donors (Lipinski definition) is 2. The summed E-state index contributed by atoms with van der Waals surface area (Å²) < 4.78 is 6.90. The number of amides is 1. The molecule has 1 aliphatic carbocycles. The van der Waals surface area contributed by atoms with Crippen molar-refractivity contribution in [3.63, 3.8) is 0 Å². The van der Waals surface area contributed by atoms with Crippen LogP contribution < -0.4 is 10.6 Å². The Morgan fingerprint density at radius 1 is 1.57 bits per heavy atom. The Hall–Kier alpha value is -1.47. The van der Waals surface area contributed by atoms with Crippen LogP contribution in [0.2, 0.25) is 0 Å². The molecule has 0 bridgehead atoms. The molecule has 0 spiro atoms. The molecule has 116 valence electrons. The Balaban J connectivity index is 1.56. The fraction of sp³-hybridized carbons (Fsp3) is 0.786. The second-order valence-electron chi connectivity index (χ2n) is 6.18. The second-order valence-corrected chi connectivity index (χ2v) is 6.18. The van der Waals surface area contributed by atoms with Gasteiger partial charge in [-0.2, -0.15) is 0 Å². The van der Waals surface area contributed by atoms with E-state index in [0.717, 1.165) is 45.3 Å². The number of carbonyl (C=O) groups is 1. The van der Waals surface area contributed by atoms with Gasteiger partial charge < -0.3 is 15.4 Å². The predicted octanol–water partition coefficient (Wildman–Crippen LogP) is 0.187. The highest BCUT2D eigenvalue weighted by molar-refractivity contribution is 5.92. The number of hydrogen-bond acceptors (Lipinski definition) is 5. The zero-order valence-electron chi connectivity index (χ0n) is 12.5. The van der Waals surface area contributed by atoms with E-state index in [2.05, 4.69) is 20.9 Å². The van der Waals surface area contributed by atoms with E-state index in [4.69, 9.17) is 4.74 Å². The molecular formula is C14H23N5O2. The predicted molar refractivity (Wildman–Crippen MR) is 76.9 cm³/mol. The highest BCUT2D eigenvalue weighted by Crippen LogP contribution is 2.35.